The molecular formula is C18H13Cl2N5. The van der Waals surface area contributed by atoms with E-state index in [-0.39, 0.29) is 0 Å². The lowest BCUT2D eigenvalue weighted by molar-refractivity contribution is 0.686. The van der Waals surface area contributed by atoms with Crippen LogP contribution in [0.15, 0.2) is 67.4 Å². The van der Waals surface area contributed by atoms with E-state index in [0.29, 0.717) is 16.6 Å². The van der Waals surface area contributed by atoms with Gasteiger partial charge in [-0.25, -0.2) is 14.3 Å². The quantitative estimate of drug-likeness (QED) is 0.532. The molecule has 0 spiro atoms. The first-order chi connectivity index (χ1) is 12.2. The van der Waals surface area contributed by atoms with Crippen molar-refractivity contribution < 1.29 is 0 Å². The Morgan fingerprint density at radius 2 is 1.72 bits per heavy atom. The fraction of sp³-hybridized carbons (Fsp3) is 0.0556. The van der Waals surface area contributed by atoms with Gasteiger partial charge in [-0.2, -0.15) is 10.2 Å². The molecule has 0 aliphatic heterocycles. The van der Waals surface area contributed by atoms with Gasteiger partial charge in [0.2, 0.25) is 0 Å². The smallest absolute Gasteiger partial charge is 0.137 e. The first-order valence-corrected chi connectivity index (χ1v) is 8.38. The zero-order chi connectivity index (χ0) is 17.2. The van der Waals surface area contributed by atoms with E-state index in [2.05, 4.69) is 15.2 Å². The molecule has 0 amide bonds. The number of aromatic nitrogens is 5. The summed E-state index contributed by atoms with van der Waals surface area (Å²) in [6.45, 7) is 0.558. The zero-order valence-corrected chi connectivity index (χ0v) is 14.6. The molecule has 0 N–H and O–H groups in total. The Morgan fingerprint density at radius 3 is 2.44 bits per heavy atom. The van der Waals surface area contributed by atoms with Gasteiger partial charge in [0.05, 0.1) is 29.1 Å². The summed E-state index contributed by atoms with van der Waals surface area (Å²) < 4.78 is 3.60. The highest BCUT2D eigenvalue weighted by atomic mass is 35.5. The number of halogens is 2. The van der Waals surface area contributed by atoms with Crippen LogP contribution in [0, 0.1) is 0 Å². The molecule has 0 fully saturated rings. The molecule has 0 radical (unpaired) electrons. The summed E-state index contributed by atoms with van der Waals surface area (Å²) in [5, 5.41) is 10.1. The van der Waals surface area contributed by atoms with Gasteiger partial charge in [0.25, 0.3) is 0 Å². The molecule has 25 heavy (non-hydrogen) atoms. The van der Waals surface area contributed by atoms with Crippen LogP contribution in [0.25, 0.3) is 16.9 Å². The van der Waals surface area contributed by atoms with Crippen molar-refractivity contribution >= 4 is 23.2 Å². The van der Waals surface area contributed by atoms with Crippen molar-refractivity contribution in [2.45, 2.75) is 6.54 Å². The van der Waals surface area contributed by atoms with Crippen molar-refractivity contribution in [1.82, 2.24) is 24.5 Å². The molecule has 2 heterocycles. The van der Waals surface area contributed by atoms with Crippen LogP contribution in [-0.2, 0) is 6.54 Å². The third kappa shape index (κ3) is 3.16. The Kier molecular flexibility index (Phi) is 4.26. The maximum Gasteiger partial charge on any atom is 0.137 e. The average Bonchev–Trinajstić information content (AvgIpc) is 3.27. The minimum absolute atomic E-state index is 0.558. The van der Waals surface area contributed by atoms with Gasteiger partial charge in [-0.1, -0.05) is 47.5 Å². The highest BCUT2D eigenvalue weighted by molar-refractivity contribution is 6.32. The van der Waals surface area contributed by atoms with Crippen LogP contribution < -0.4 is 0 Å². The standard InChI is InChI=1S/C18H13Cl2N5/c19-15-7-5-13(6-8-15)18-14(10-24-12-21-11-23-24)9-22-25(18)17-4-2-1-3-16(17)20/h1-9,11-12H,10H2. The van der Waals surface area contributed by atoms with Crippen molar-refractivity contribution in [1.29, 1.82) is 0 Å². The fourth-order valence-corrected chi connectivity index (χ4v) is 3.05. The summed E-state index contributed by atoms with van der Waals surface area (Å²) in [6, 6.07) is 15.3. The van der Waals surface area contributed by atoms with Gasteiger partial charge < -0.3 is 0 Å². The van der Waals surface area contributed by atoms with Gasteiger partial charge in [-0.05, 0) is 24.3 Å². The molecule has 0 bridgehead atoms. The largest absolute Gasteiger partial charge is 0.248 e. The number of rotatable bonds is 4. The number of hydrogen-bond acceptors (Lipinski definition) is 3. The maximum absolute atomic E-state index is 6.39. The lowest BCUT2D eigenvalue weighted by Gasteiger charge is -2.12. The summed E-state index contributed by atoms with van der Waals surface area (Å²) >= 11 is 12.4. The van der Waals surface area contributed by atoms with Crippen LogP contribution >= 0.6 is 23.2 Å². The van der Waals surface area contributed by atoms with Crippen LogP contribution in [0.2, 0.25) is 10.0 Å². The first kappa shape index (κ1) is 15.9. The summed E-state index contributed by atoms with van der Waals surface area (Å²) in [5.41, 5.74) is 3.77. The van der Waals surface area contributed by atoms with Crippen LogP contribution in [-0.4, -0.2) is 24.5 Å². The summed E-state index contributed by atoms with van der Waals surface area (Å²) in [7, 11) is 0. The average molecular weight is 370 g/mol. The topological polar surface area (TPSA) is 48.5 Å². The van der Waals surface area contributed by atoms with E-state index >= 15 is 0 Å². The number of para-hydroxylation sites is 1. The molecule has 0 saturated carbocycles. The molecule has 4 rings (SSSR count). The Hall–Kier alpha value is -2.63. The predicted molar refractivity (Wildman–Crippen MR) is 98.1 cm³/mol. The van der Waals surface area contributed by atoms with Crippen molar-refractivity contribution in [2.75, 3.05) is 0 Å². The second kappa shape index (κ2) is 6.70. The van der Waals surface area contributed by atoms with Gasteiger partial charge >= 0.3 is 0 Å². The molecule has 2 aromatic heterocycles. The minimum Gasteiger partial charge on any atom is -0.248 e. The van der Waals surface area contributed by atoms with E-state index in [0.717, 1.165) is 22.5 Å². The number of benzene rings is 2. The predicted octanol–water partition coefficient (Wildman–Crippen LogP) is 4.49. The minimum atomic E-state index is 0.558. The molecule has 0 atom stereocenters. The van der Waals surface area contributed by atoms with E-state index in [1.165, 1.54) is 6.33 Å². The monoisotopic (exact) mass is 369 g/mol. The van der Waals surface area contributed by atoms with E-state index in [1.54, 1.807) is 11.0 Å². The molecule has 4 aromatic rings. The zero-order valence-electron chi connectivity index (χ0n) is 13.0. The van der Waals surface area contributed by atoms with Gasteiger partial charge in [0.15, 0.2) is 0 Å². The van der Waals surface area contributed by atoms with E-state index < -0.39 is 0 Å². The van der Waals surface area contributed by atoms with Crippen molar-refractivity contribution in [3.05, 3.63) is 83.0 Å². The first-order valence-electron chi connectivity index (χ1n) is 7.62. The molecule has 7 heteroatoms. The highest BCUT2D eigenvalue weighted by Gasteiger charge is 2.16. The number of hydrogen-bond donors (Lipinski definition) is 0. The Balaban J connectivity index is 1.88. The third-order valence-corrected chi connectivity index (χ3v) is 4.41. The lowest BCUT2D eigenvalue weighted by atomic mass is 10.1. The van der Waals surface area contributed by atoms with E-state index in [4.69, 9.17) is 23.2 Å². The summed E-state index contributed by atoms with van der Waals surface area (Å²) in [4.78, 5) is 4.00. The van der Waals surface area contributed by atoms with Gasteiger partial charge in [-0.3, -0.25) is 0 Å². The Labute approximate surface area is 154 Å². The van der Waals surface area contributed by atoms with Crippen molar-refractivity contribution in [3.8, 4) is 16.9 Å². The second-order valence-electron chi connectivity index (χ2n) is 5.48. The molecular weight excluding hydrogens is 357 g/mol. The Morgan fingerprint density at radius 1 is 0.920 bits per heavy atom. The van der Waals surface area contributed by atoms with Crippen molar-refractivity contribution in [2.24, 2.45) is 0 Å². The van der Waals surface area contributed by atoms with Gasteiger partial charge in [0, 0.05) is 16.1 Å². The van der Waals surface area contributed by atoms with E-state index in [9.17, 15) is 0 Å². The van der Waals surface area contributed by atoms with Crippen LogP contribution in [0.4, 0.5) is 0 Å². The third-order valence-electron chi connectivity index (χ3n) is 3.84. The molecule has 0 saturated heterocycles. The summed E-state index contributed by atoms with van der Waals surface area (Å²) in [5.74, 6) is 0. The molecule has 0 aliphatic carbocycles. The fourth-order valence-electron chi connectivity index (χ4n) is 2.71. The molecule has 5 nitrogen and oxygen atoms in total. The lowest BCUT2D eigenvalue weighted by Crippen LogP contribution is -2.04. The molecule has 0 unspecified atom stereocenters. The van der Waals surface area contributed by atoms with Crippen LogP contribution in [0.5, 0.6) is 0 Å². The Bertz CT molecular complexity index is 991. The van der Waals surface area contributed by atoms with Crippen LogP contribution in [0.3, 0.4) is 0 Å². The van der Waals surface area contributed by atoms with Crippen molar-refractivity contribution in [3.63, 3.8) is 0 Å². The molecule has 2 aromatic carbocycles. The van der Waals surface area contributed by atoms with E-state index in [1.807, 2.05) is 59.4 Å². The summed E-state index contributed by atoms with van der Waals surface area (Å²) in [6.07, 6.45) is 5.02. The maximum atomic E-state index is 6.39. The van der Waals surface area contributed by atoms with Gasteiger partial charge in [0.1, 0.15) is 12.7 Å². The second-order valence-corrected chi connectivity index (χ2v) is 6.33. The number of nitrogens with zero attached hydrogens (tertiary/aromatic N) is 5. The van der Waals surface area contributed by atoms with Gasteiger partial charge in [-0.15, -0.1) is 0 Å². The SMILES string of the molecule is Clc1ccc(-c2c(Cn3cncn3)cnn2-c2ccccc2Cl)cc1. The van der Waals surface area contributed by atoms with Crippen LogP contribution in [0.1, 0.15) is 5.56 Å². The highest BCUT2D eigenvalue weighted by Crippen LogP contribution is 2.30. The molecule has 124 valence electrons. The molecule has 0 aliphatic rings. The normalized spacial score (nSPS) is 11.0.